The number of imide groups is 1. The fourth-order valence-electron chi connectivity index (χ4n) is 2.44. The molecule has 1 aliphatic heterocycles. The van der Waals surface area contributed by atoms with Crippen molar-refractivity contribution in [1.29, 1.82) is 0 Å². The van der Waals surface area contributed by atoms with Crippen LogP contribution in [-0.2, 0) is 23.9 Å². The molecule has 2 rings (SSSR count). The molecule has 10 heteroatoms. The molecule has 1 saturated heterocycles. The third-order valence-electron chi connectivity index (χ3n) is 3.86. The number of nitrogens with one attached hydrogen (secondary N) is 1. The zero-order chi connectivity index (χ0) is 21.9. The molecular weight excluding hydrogens is 412 g/mol. The Morgan fingerprint density at radius 2 is 1.93 bits per heavy atom. The van der Waals surface area contributed by atoms with E-state index in [2.05, 4.69) is 5.32 Å². The van der Waals surface area contributed by atoms with E-state index in [0.717, 1.165) is 16.7 Å². The largest absolute Gasteiger partial charge is 0.482 e. The van der Waals surface area contributed by atoms with Gasteiger partial charge in [-0.15, -0.1) is 0 Å². The number of methoxy groups -OCH3 is 1. The lowest BCUT2D eigenvalue weighted by Gasteiger charge is -2.12. The molecule has 0 saturated carbocycles. The van der Waals surface area contributed by atoms with Crippen LogP contribution in [0.5, 0.6) is 5.75 Å². The van der Waals surface area contributed by atoms with Gasteiger partial charge in [-0.25, -0.2) is 4.79 Å². The summed E-state index contributed by atoms with van der Waals surface area (Å²) in [6.07, 6.45) is 2.21. The summed E-state index contributed by atoms with van der Waals surface area (Å²) in [6.45, 7) is 2.39. The summed E-state index contributed by atoms with van der Waals surface area (Å²) in [4.78, 5) is 49.0. The Morgan fingerprint density at radius 1 is 1.20 bits per heavy atom. The van der Waals surface area contributed by atoms with E-state index in [1.165, 1.54) is 0 Å². The van der Waals surface area contributed by atoms with Gasteiger partial charge in [0.1, 0.15) is 12.3 Å². The molecule has 0 spiro atoms. The monoisotopic (exact) mass is 436 g/mol. The van der Waals surface area contributed by atoms with Gasteiger partial charge in [0.25, 0.3) is 11.1 Å². The van der Waals surface area contributed by atoms with Crippen LogP contribution in [-0.4, -0.2) is 67.9 Å². The van der Waals surface area contributed by atoms with E-state index < -0.39 is 23.0 Å². The molecule has 0 bridgehead atoms. The van der Waals surface area contributed by atoms with Crippen LogP contribution in [0.3, 0.4) is 0 Å². The summed E-state index contributed by atoms with van der Waals surface area (Å²) in [6, 6.07) is 6.67. The van der Waals surface area contributed by atoms with Crippen LogP contribution >= 0.6 is 11.8 Å². The van der Waals surface area contributed by atoms with Crippen molar-refractivity contribution in [3.63, 3.8) is 0 Å². The molecule has 0 aromatic heterocycles. The Bertz CT molecular complexity index is 808. The fraction of sp³-hybridized carbons (Fsp3) is 0.400. The van der Waals surface area contributed by atoms with E-state index in [1.807, 2.05) is 0 Å². The molecule has 1 heterocycles. The number of thioether (sulfide) groups is 1. The lowest BCUT2D eigenvalue weighted by atomic mass is 10.2. The minimum atomic E-state index is -0.514. The Morgan fingerprint density at radius 3 is 2.60 bits per heavy atom. The minimum absolute atomic E-state index is 0.195. The van der Waals surface area contributed by atoms with Gasteiger partial charge in [0.15, 0.2) is 6.61 Å². The molecule has 1 fully saturated rings. The van der Waals surface area contributed by atoms with Crippen LogP contribution in [0, 0.1) is 0 Å². The predicted molar refractivity (Wildman–Crippen MR) is 111 cm³/mol. The first-order valence-electron chi connectivity index (χ1n) is 9.34. The molecule has 0 radical (unpaired) electrons. The standard InChI is InChI=1S/C20H24N2O7S/c1-3-28-18(24)13-29-15-7-5-14(6-8-15)11-16-19(25)22(20(26)30-16)12-17(23)21-9-4-10-27-2/h5-8,11H,3-4,9-10,12-13H2,1-2H3,(H,21,23)/b16-11-. The third kappa shape index (κ3) is 7.20. The van der Waals surface area contributed by atoms with Gasteiger partial charge < -0.3 is 19.5 Å². The highest BCUT2D eigenvalue weighted by Crippen LogP contribution is 2.32. The summed E-state index contributed by atoms with van der Waals surface area (Å²) >= 11 is 0.781. The van der Waals surface area contributed by atoms with Crippen LogP contribution in [0.15, 0.2) is 29.2 Å². The summed E-state index contributed by atoms with van der Waals surface area (Å²) < 4.78 is 15.0. The van der Waals surface area contributed by atoms with Gasteiger partial charge in [0, 0.05) is 20.3 Å². The molecule has 9 nitrogen and oxygen atoms in total. The quantitative estimate of drug-likeness (QED) is 0.318. The van der Waals surface area contributed by atoms with E-state index in [9.17, 15) is 19.2 Å². The second kappa shape index (κ2) is 12.0. The summed E-state index contributed by atoms with van der Waals surface area (Å²) in [5, 5.41) is 2.15. The van der Waals surface area contributed by atoms with E-state index in [-0.39, 0.29) is 24.7 Å². The number of carbonyl (C=O) groups is 4. The van der Waals surface area contributed by atoms with Crippen molar-refractivity contribution in [3.05, 3.63) is 34.7 Å². The van der Waals surface area contributed by atoms with Crippen molar-refractivity contribution in [1.82, 2.24) is 10.2 Å². The van der Waals surface area contributed by atoms with Crippen molar-refractivity contribution in [3.8, 4) is 5.75 Å². The second-order valence-corrected chi connectivity index (χ2v) is 7.12. The topological polar surface area (TPSA) is 111 Å². The van der Waals surface area contributed by atoms with E-state index >= 15 is 0 Å². The van der Waals surface area contributed by atoms with Gasteiger partial charge in [0.2, 0.25) is 5.91 Å². The number of benzene rings is 1. The first-order chi connectivity index (χ1) is 14.4. The van der Waals surface area contributed by atoms with Gasteiger partial charge >= 0.3 is 5.97 Å². The zero-order valence-electron chi connectivity index (χ0n) is 16.8. The Kier molecular flexibility index (Phi) is 9.36. The van der Waals surface area contributed by atoms with Crippen LogP contribution in [0.2, 0.25) is 0 Å². The first kappa shape index (κ1) is 23.4. The lowest BCUT2D eigenvalue weighted by Crippen LogP contribution is -2.39. The number of rotatable bonds is 11. The maximum Gasteiger partial charge on any atom is 0.344 e. The Labute approximate surface area is 178 Å². The molecule has 0 unspecified atom stereocenters. The van der Waals surface area contributed by atoms with Gasteiger partial charge in [0.05, 0.1) is 11.5 Å². The van der Waals surface area contributed by atoms with Crippen molar-refractivity contribution >= 4 is 40.9 Å². The molecular formula is C20H24N2O7S. The molecule has 1 aliphatic rings. The molecule has 0 aliphatic carbocycles. The smallest absolute Gasteiger partial charge is 0.344 e. The van der Waals surface area contributed by atoms with Gasteiger partial charge in [-0.2, -0.15) is 0 Å². The fourth-order valence-corrected chi connectivity index (χ4v) is 3.27. The average molecular weight is 436 g/mol. The highest BCUT2D eigenvalue weighted by atomic mass is 32.2. The minimum Gasteiger partial charge on any atom is -0.482 e. The number of hydrogen-bond donors (Lipinski definition) is 1. The maximum absolute atomic E-state index is 12.5. The molecule has 1 aromatic carbocycles. The molecule has 1 aromatic rings. The Balaban J connectivity index is 1.91. The molecule has 3 amide bonds. The van der Waals surface area contributed by atoms with E-state index in [4.69, 9.17) is 14.2 Å². The van der Waals surface area contributed by atoms with Crippen molar-refractivity contribution in [2.45, 2.75) is 13.3 Å². The third-order valence-corrected chi connectivity index (χ3v) is 4.77. The molecule has 162 valence electrons. The zero-order valence-corrected chi connectivity index (χ0v) is 17.7. The molecule has 30 heavy (non-hydrogen) atoms. The van der Waals surface area contributed by atoms with Gasteiger partial charge in [-0.3, -0.25) is 19.3 Å². The highest BCUT2D eigenvalue weighted by Gasteiger charge is 2.36. The SMILES string of the molecule is CCOC(=O)COc1ccc(/C=C2\SC(=O)N(CC(=O)NCCCOC)C2=O)cc1. The lowest BCUT2D eigenvalue weighted by molar-refractivity contribution is -0.145. The van der Waals surface area contributed by atoms with Crippen LogP contribution in [0.1, 0.15) is 18.9 Å². The summed E-state index contributed by atoms with van der Waals surface area (Å²) in [5.41, 5.74) is 0.674. The van der Waals surface area contributed by atoms with Crippen molar-refractivity contribution in [2.24, 2.45) is 0 Å². The molecule has 0 atom stereocenters. The van der Waals surface area contributed by atoms with E-state index in [1.54, 1.807) is 44.4 Å². The number of hydrogen-bond acceptors (Lipinski definition) is 8. The summed E-state index contributed by atoms with van der Waals surface area (Å²) in [5.74, 6) is -0.908. The normalized spacial score (nSPS) is 14.9. The highest BCUT2D eigenvalue weighted by molar-refractivity contribution is 8.18. The van der Waals surface area contributed by atoms with Crippen LogP contribution in [0.4, 0.5) is 4.79 Å². The first-order valence-corrected chi connectivity index (χ1v) is 10.2. The van der Waals surface area contributed by atoms with Gasteiger partial charge in [-0.05, 0) is 48.9 Å². The second-order valence-electron chi connectivity index (χ2n) is 6.13. The number of carbonyl (C=O) groups excluding carboxylic acids is 4. The van der Waals surface area contributed by atoms with Crippen molar-refractivity contribution < 1.29 is 33.4 Å². The number of nitrogens with zero attached hydrogens (tertiary/aromatic N) is 1. The maximum atomic E-state index is 12.5. The average Bonchev–Trinajstić information content (AvgIpc) is 2.98. The predicted octanol–water partition coefficient (Wildman–Crippen LogP) is 1.82. The number of ether oxygens (including phenoxy) is 3. The number of amides is 3. The van der Waals surface area contributed by atoms with Crippen molar-refractivity contribution in [2.75, 3.05) is 40.0 Å². The van der Waals surface area contributed by atoms with Crippen LogP contribution in [0.25, 0.3) is 6.08 Å². The summed E-state index contributed by atoms with van der Waals surface area (Å²) in [7, 11) is 1.57. The van der Waals surface area contributed by atoms with E-state index in [0.29, 0.717) is 30.9 Å². The van der Waals surface area contributed by atoms with Crippen LogP contribution < -0.4 is 10.1 Å². The van der Waals surface area contributed by atoms with Gasteiger partial charge in [-0.1, -0.05) is 12.1 Å². The Hall–Kier alpha value is -2.85. The number of esters is 1. The molecule has 1 N–H and O–H groups in total.